The van der Waals surface area contributed by atoms with Gasteiger partial charge in [-0.1, -0.05) is 66.1 Å². The fourth-order valence-corrected chi connectivity index (χ4v) is 4.67. The first-order chi connectivity index (χ1) is 13.4. The van der Waals surface area contributed by atoms with E-state index in [2.05, 4.69) is 23.7 Å². The van der Waals surface area contributed by atoms with Crippen LogP contribution in [0.15, 0.2) is 36.4 Å². The van der Waals surface area contributed by atoms with Gasteiger partial charge >= 0.3 is 0 Å². The van der Waals surface area contributed by atoms with Crippen LogP contribution in [-0.4, -0.2) is 42.0 Å². The Balaban J connectivity index is 0.00000300. The third-order valence-corrected chi connectivity index (χ3v) is 6.43. The molecular formula is C20H21Cl4N3OS. The summed E-state index contributed by atoms with van der Waals surface area (Å²) in [6.07, 6.45) is 0. The third-order valence-electron chi connectivity index (χ3n) is 4.53. The van der Waals surface area contributed by atoms with Crippen LogP contribution >= 0.6 is 58.5 Å². The molecule has 0 aliphatic carbocycles. The van der Waals surface area contributed by atoms with Gasteiger partial charge in [-0.2, -0.15) is 0 Å². The monoisotopic (exact) mass is 491 g/mol. The Bertz CT molecular complexity index is 991. The van der Waals surface area contributed by atoms with Crippen LogP contribution in [0, 0.1) is 0 Å². The van der Waals surface area contributed by atoms with Crippen LogP contribution in [0.3, 0.4) is 0 Å². The number of carbonyl (C=O) groups excluding carboxylic acids is 1. The van der Waals surface area contributed by atoms with Gasteiger partial charge in [-0.05, 0) is 43.4 Å². The van der Waals surface area contributed by atoms with Crippen LogP contribution in [0.5, 0.6) is 0 Å². The van der Waals surface area contributed by atoms with Crippen molar-refractivity contribution < 1.29 is 4.79 Å². The molecule has 156 valence electrons. The largest absolute Gasteiger partial charge is 0.302 e. The molecule has 0 unspecified atom stereocenters. The zero-order valence-corrected chi connectivity index (χ0v) is 19.9. The lowest BCUT2D eigenvalue weighted by Crippen LogP contribution is -2.39. The summed E-state index contributed by atoms with van der Waals surface area (Å²) >= 11 is 20.0. The van der Waals surface area contributed by atoms with Gasteiger partial charge in [-0.25, -0.2) is 4.98 Å². The maximum atomic E-state index is 13.3. The number of fused-ring (bicyclic) bond motifs is 1. The highest BCUT2D eigenvalue weighted by molar-refractivity contribution is 7.22. The van der Waals surface area contributed by atoms with Crippen molar-refractivity contribution >= 4 is 79.8 Å². The van der Waals surface area contributed by atoms with Crippen molar-refractivity contribution in [2.75, 3.05) is 31.1 Å². The molecule has 9 heteroatoms. The van der Waals surface area contributed by atoms with E-state index >= 15 is 0 Å². The van der Waals surface area contributed by atoms with E-state index in [1.54, 1.807) is 29.2 Å². The third kappa shape index (κ3) is 5.54. The molecular weight excluding hydrogens is 472 g/mol. The summed E-state index contributed by atoms with van der Waals surface area (Å²) in [5, 5.41) is 1.99. The Kier molecular flexibility index (Phi) is 9.01. The molecule has 0 aliphatic rings. The van der Waals surface area contributed by atoms with E-state index in [9.17, 15) is 4.79 Å². The van der Waals surface area contributed by atoms with E-state index in [0.29, 0.717) is 37.8 Å². The maximum Gasteiger partial charge on any atom is 0.261 e. The van der Waals surface area contributed by atoms with Crippen LogP contribution in [0.1, 0.15) is 24.2 Å². The van der Waals surface area contributed by atoms with Gasteiger partial charge in [-0.15, -0.1) is 12.4 Å². The molecule has 1 amide bonds. The van der Waals surface area contributed by atoms with E-state index in [-0.39, 0.29) is 18.3 Å². The summed E-state index contributed by atoms with van der Waals surface area (Å²) in [7, 11) is 0. The standard InChI is InChI=1S/C20H20Cl3N3OS.ClH/c1-3-25(4-2)10-11-26(19(27)14-9-8-13(21)12-16(14)23)20-24-18-15(22)6-5-7-17(18)28-20;/h5-9,12H,3-4,10-11H2,1-2H3;1H. The Hall–Kier alpha value is -1.08. The molecule has 3 aromatic rings. The zero-order valence-electron chi connectivity index (χ0n) is 16.0. The van der Waals surface area contributed by atoms with Crippen LogP contribution in [0.2, 0.25) is 15.1 Å². The van der Waals surface area contributed by atoms with Crippen molar-refractivity contribution in [2.24, 2.45) is 0 Å². The number of thiazole rings is 1. The van der Waals surface area contributed by atoms with E-state index in [1.807, 2.05) is 12.1 Å². The number of likely N-dealkylation sites (N-methyl/N-ethyl adjacent to an activating group) is 1. The molecule has 0 saturated heterocycles. The molecule has 0 atom stereocenters. The average molecular weight is 493 g/mol. The SMILES string of the molecule is CCN(CC)CCN(C(=O)c1ccc(Cl)cc1Cl)c1nc2c(Cl)cccc2s1.Cl. The molecule has 3 rings (SSSR count). The van der Waals surface area contributed by atoms with Gasteiger partial charge in [0.15, 0.2) is 5.13 Å². The number of rotatable bonds is 7. The molecule has 0 spiro atoms. The van der Waals surface area contributed by atoms with E-state index < -0.39 is 0 Å². The molecule has 0 saturated carbocycles. The van der Waals surface area contributed by atoms with E-state index in [0.717, 1.165) is 24.3 Å². The first-order valence-electron chi connectivity index (χ1n) is 8.98. The van der Waals surface area contributed by atoms with Crippen LogP contribution in [0.4, 0.5) is 5.13 Å². The molecule has 0 N–H and O–H groups in total. The number of carbonyl (C=O) groups is 1. The number of halogens is 4. The van der Waals surface area contributed by atoms with Gasteiger partial charge in [0.2, 0.25) is 0 Å². The van der Waals surface area contributed by atoms with Crippen molar-refractivity contribution in [1.82, 2.24) is 9.88 Å². The van der Waals surface area contributed by atoms with E-state index in [4.69, 9.17) is 34.8 Å². The van der Waals surface area contributed by atoms with Crippen molar-refractivity contribution in [3.63, 3.8) is 0 Å². The summed E-state index contributed by atoms with van der Waals surface area (Å²) < 4.78 is 0.936. The minimum absolute atomic E-state index is 0. The number of hydrogen-bond acceptors (Lipinski definition) is 4. The highest BCUT2D eigenvalue weighted by Crippen LogP contribution is 2.34. The van der Waals surface area contributed by atoms with Gasteiger partial charge < -0.3 is 4.90 Å². The lowest BCUT2D eigenvalue weighted by atomic mass is 10.2. The highest BCUT2D eigenvalue weighted by atomic mass is 35.5. The molecule has 0 aliphatic heterocycles. The van der Waals surface area contributed by atoms with Gasteiger partial charge in [0, 0.05) is 18.1 Å². The first-order valence-corrected chi connectivity index (χ1v) is 10.9. The van der Waals surface area contributed by atoms with Crippen LogP contribution in [-0.2, 0) is 0 Å². The van der Waals surface area contributed by atoms with Crippen molar-refractivity contribution in [3.05, 3.63) is 57.0 Å². The first kappa shape index (κ1) is 24.2. The molecule has 0 bridgehead atoms. The normalized spacial score (nSPS) is 11.0. The molecule has 0 fully saturated rings. The highest BCUT2D eigenvalue weighted by Gasteiger charge is 2.24. The minimum atomic E-state index is -0.205. The number of hydrogen-bond donors (Lipinski definition) is 0. The number of anilines is 1. The molecule has 0 radical (unpaired) electrons. The van der Waals surface area contributed by atoms with Gasteiger partial charge in [0.1, 0.15) is 5.52 Å². The number of benzene rings is 2. The summed E-state index contributed by atoms with van der Waals surface area (Å²) in [6, 6.07) is 10.5. The van der Waals surface area contributed by atoms with Crippen molar-refractivity contribution in [1.29, 1.82) is 0 Å². The van der Waals surface area contributed by atoms with Crippen molar-refractivity contribution in [3.8, 4) is 0 Å². The molecule has 1 heterocycles. The smallest absolute Gasteiger partial charge is 0.261 e. The lowest BCUT2D eigenvalue weighted by Gasteiger charge is -2.25. The molecule has 1 aromatic heterocycles. The Morgan fingerprint density at radius 1 is 1.03 bits per heavy atom. The lowest BCUT2D eigenvalue weighted by molar-refractivity contribution is 0.0984. The number of amides is 1. The van der Waals surface area contributed by atoms with Gasteiger partial charge in [-0.3, -0.25) is 9.69 Å². The Morgan fingerprint density at radius 2 is 1.76 bits per heavy atom. The second-order valence-electron chi connectivity index (χ2n) is 6.19. The van der Waals surface area contributed by atoms with Gasteiger partial charge in [0.05, 0.1) is 20.3 Å². The topological polar surface area (TPSA) is 36.4 Å². The van der Waals surface area contributed by atoms with Crippen molar-refractivity contribution in [2.45, 2.75) is 13.8 Å². The number of nitrogens with zero attached hydrogens (tertiary/aromatic N) is 3. The molecule has 4 nitrogen and oxygen atoms in total. The quantitative estimate of drug-likeness (QED) is 0.369. The van der Waals surface area contributed by atoms with Gasteiger partial charge in [0.25, 0.3) is 5.91 Å². The minimum Gasteiger partial charge on any atom is -0.302 e. The zero-order chi connectivity index (χ0) is 20.3. The summed E-state index contributed by atoms with van der Waals surface area (Å²) in [4.78, 5) is 21.9. The fraction of sp³-hybridized carbons (Fsp3) is 0.300. The van der Waals surface area contributed by atoms with Crippen LogP contribution in [0.25, 0.3) is 10.2 Å². The summed E-state index contributed by atoms with van der Waals surface area (Å²) in [6.45, 7) is 7.24. The molecule has 2 aromatic carbocycles. The second-order valence-corrected chi connectivity index (χ2v) is 8.45. The second kappa shape index (κ2) is 10.8. The number of aromatic nitrogens is 1. The summed E-state index contributed by atoms with van der Waals surface area (Å²) in [5.41, 5.74) is 1.10. The van der Waals surface area contributed by atoms with E-state index in [1.165, 1.54) is 11.3 Å². The summed E-state index contributed by atoms with van der Waals surface area (Å²) in [5.74, 6) is -0.205. The van der Waals surface area contributed by atoms with Crippen LogP contribution < -0.4 is 4.90 Å². The molecule has 29 heavy (non-hydrogen) atoms. The fourth-order valence-electron chi connectivity index (χ4n) is 2.89. The Labute approximate surface area is 195 Å². The maximum absolute atomic E-state index is 13.3. The number of para-hydroxylation sites is 1. The average Bonchev–Trinajstić information content (AvgIpc) is 3.10. The predicted octanol–water partition coefficient (Wildman–Crippen LogP) is 6.67. The predicted molar refractivity (Wildman–Crippen MR) is 128 cm³/mol. The Morgan fingerprint density at radius 3 is 2.38 bits per heavy atom.